The molecule has 90 valence electrons. The second-order valence-electron chi connectivity index (χ2n) is 5.63. The van der Waals surface area contributed by atoms with Crippen LogP contribution in [-0.2, 0) is 4.74 Å². The summed E-state index contributed by atoms with van der Waals surface area (Å²) in [5, 5.41) is 0. The second kappa shape index (κ2) is 3.75. The largest absolute Gasteiger partial charge is 0.369 e. The van der Waals surface area contributed by atoms with E-state index in [1.54, 1.807) is 6.20 Å². The van der Waals surface area contributed by atoms with Crippen LogP contribution in [0.25, 0.3) is 0 Å². The van der Waals surface area contributed by atoms with Gasteiger partial charge in [0, 0.05) is 5.92 Å². The maximum atomic E-state index is 6.27. The quantitative estimate of drug-likeness (QED) is 0.861. The summed E-state index contributed by atoms with van der Waals surface area (Å²) < 4.78 is 14.3. The van der Waals surface area contributed by atoms with Gasteiger partial charge in [0.25, 0.3) is 0 Å². The first-order valence-corrected chi connectivity index (χ1v) is 6.28. The molecule has 0 amide bonds. The summed E-state index contributed by atoms with van der Waals surface area (Å²) in [6.45, 7) is 8.43. The minimum Gasteiger partial charge on any atom is -0.369 e. The van der Waals surface area contributed by atoms with Gasteiger partial charge in [0.15, 0.2) is 0 Å². The zero-order chi connectivity index (χ0) is 12.0. The van der Waals surface area contributed by atoms with Gasteiger partial charge in [0.1, 0.15) is 0 Å². The molecule has 16 heavy (non-hydrogen) atoms. The summed E-state index contributed by atoms with van der Waals surface area (Å²) >= 11 is 1.21. The van der Waals surface area contributed by atoms with Gasteiger partial charge in [-0.2, -0.15) is 8.75 Å². The molecule has 0 radical (unpaired) electrons. The van der Waals surface area contributed by atoms with E-state index >= 15 is 0 Å². The van der Waals surface area contributed by atoms with E-state index in [0.29, 0.717) is 0 Å². The number of aromatic nitrogens is 2. The molecule has 1 saturated heterocycles. The molecule has 0 aromatic carbocycles. The van der Waals surface area contributed by atoms with E-state index in [1.165, 1.54) is 11.7 Å². The Morgan fingerprint density at radius 3 is 2.62 bits per heavy atom. The molecule has 2 unspecified atom stereocenters. The van der Waals surface area contributed by atoms with Crippen molar-refractivity contribution in [2.75, 3.05) is 0 Å². The third-order valence-electron chi connectivity index (χ3n) is 3.30. The van der Waals surface area contributed by atoms with Crippen molar-refractivity contribution in [3.05, 3.63) is 11.9 Å². The van der Waals surface area contributed by atoms with Gasteiger partial charge in [-0.25, -0.2) is 0 Å². The van der Waals surface area contributed by atoms with E-state index in [4.69, 9.17) is 10.5 Å². The van der Waals surface area contributed by atoms with Crippen LogP contribution in [0.4, 0.5) is 0 Å². The van der Waals surface area contributed by atoms with Crippen LogP contribution < -0.4 is 5.73 Å². The van der Waals surface area contributed by atoms with Crippen molar-refractivity contribution in [2.45, 2.75) is 51.4 Å². The molecule has 2 N–H and O–H groups in total. The van der Waals surface area contributed by atoms with Crippen LogP contribution in [0.3, 0.4) is 0 Å². The average molecular weight is 241 g/mol. The van der Waals surface area contributed by atoms with Crippen LogP contribution in [0.1, 0.15) is 45.9 Å². The minimum atomic E-state index is -0.202. The van der Waals surface area contributed by atoms with Crippen molar-refractivity contribution in [3.63, 3.8) is 0 Å². The van der Waals surface area contributed by atoms with Gasteiger partial charge >= 0.3 is 0 Å². The van der Waals surface area contributed by atoms with Gasteiger partial charge < -0.3 is 10.5 Å². The Balaban J connectivity index is 2.22. The van der Waals surface area contributed by atoms with Crippen LogP contribution in [0.15, 0.2) is 6.20 Å². The van der Waals surface area contributed by atoms with E-state index in [-0.39, 0.29) is 23.2 Å². The Bertz CT molecular complexity index is 361. The first-order chi connectivity index (χ1) is 7.32. The smallest absolute Gasteiger partial charge is 0.0914 e. The summed E-state index contributed by atoms with van der Waals surface area (Å²) in [6, 6.07) is -0.0875. The lowest BCUT2D eigenvalue weighted by Gasteiger charge is -2.30. The maximum Gasteiger partial charge on any atom is 0.0914 e. The van der Waals surface area contributed by atoms with Gasteiger partial charge in [0.05, 0.1) is 40.9 Å². The highest BCUT2D eigenvalue weighted by molar-refractivity contribution is 6.99. The van der Waals surface area contributed by atoms with E-state index in [1.807, 2.05) is 0 Å². The molecule has 2 atom stereocenters. The second-order valence-corrected chi connectivity index (χ2v) is 6.19. The molecule has 1 aliphatic heterocycles. The SMILES string of the molecule is CC1(C)CC(C(N)c2cnsn2)C(C)(C)O1. The lowest BCUT2D eigenvalue weighted by molar-refractivity contribution is -0.0768. The molecule has 0 saturated carbocycles. The van der Waals surface area contributed by atoms with Crippen molar-refractivity contribution >= 4 is 11.7 Å². The van der Waals surface area contributed by atoms with Crippen LogP contribution in [0, 0.1) is 5.92 Å². The number of ether oxygens (including phenoxy) is 1. The molecule has 2 rings (SSSR count). The average Bonchev–Trinajstić information content (AvgIpc) is 2.69. The van der Waals surface area contributed by atoms with Gasteiger partial charge in [-0.15, -0.1) is 0 Å². The van der Waals surface area contributed by atoms with E-state index in [2.05, 4.69) is 36.4 Å². The highest BCUT2D eigenvalue weighted by Gasteiger charge is 2.48. The number of rotatable bonds is 2. The highest BCUT2D eigenvalue weighted by atomic mass is 32.1. The molecule has 4 nitrogen and oxygen atoms in total. The molecule has 1 aromatic heterocycles. The summed E-state index contributed by atoms with van der Waals surface area (Å²) in [5.74, 6) is 0.284. The molecular formula is C11H19N3OS. The maximum absolute atomic E-state index is 6.27. The van der Waals surface area contributed by atoms with Gasteiger partial charge in [0.2, 0.25) is 0 Å². The molecule has 1 aliphatic rings. The summed E-state index contributed by atoms with van der Waals surface area (Å²) in [5.41, 5.74) is 6.84. The lowest BCUT2D eigenvalue weighted by atomic mass is 9.81. The zero-order valence-electron chi connectivity index (χ0n) is 10.2. The van der Waals surface area contributed by atoms with E-state index in [0.717, 1.165) is 12.1 Å². The van der Waals surface area contributed by atoms with Crippen molar-refractivity contribution in [3.8, 4) is 0 Å². The zero-order valence-corrected chi connectivity index (χ0v) is 11.0. The third-order valence-corrected chi connectivity index (χ3v) is 3.79. The van der Waals surface area contributed by atoms with Crippen molar-refractivity contribution in [1.29, 1.82) is 0 Å². The van der Waals surface area contributed by atoms with Crippen LogP contribution in [0.5, 0.6) is 0 Å². The fraction of sp³-hybridized carbons (Fsp3) is 0.818. The monoisotopic (exact) mass is 241 g/mol. The van der Waals surface area contributed by atoms with Crippen LogP contribution in [-0.4, -0.2) is 19.9 Å². The summed E-state index contributed by atoms with van der Waals surface area (Å²) in [4.78, 5) is 0. The Kier molecular flexibility index (Phi) is 2.80. The van der Waals surface area contributed by atoms with Gasteiger partial charge in [-0.1, -0.05) is 0 Å². The molecule has 0 bridgehead atoms. The number of hydrogen-bond donors (Lipinski definition) is 1. The molecule has 1 fully saturated rings. The Labute approximate surface area is 101 Å². The predicted molar refractivity (Wildman–Crippen MR) is 64.2 cm³/mol. The Morgan fingerprint density at radius 1 is 1.50 bits per heavy atom. The number of nitrogens with zero attached hydrogens (tertiary/aromatic N) is 2. The lowest BCUT2D eigenvalue weighted by Crippen LogP contribution is -2.36. The first-order valence-electron chi connectivity index (χ1n) is 5.55. The fourth-order valence-corrected chi connectivity index (χ4v) is 3.15. The van der Waals surface area contributed by atoms with E-state index in [9.17, 15) is 0 Å². The van der Waals surface area contributed by atoms with Crippen molar-refractivity contribution in [1.82, 2.24) is 8.75 Å². The van der Waals surface area contributed by atoms with E-state index < -0.39 is 0 Å². The molecule has 0 aliphatic carbocycles. The molecule has 0 spiro atoms. The summed E-state index contributed by atoms with van der Waals surface area (Å²) in [7, 11) is 0. The van der Waals surface area contributed by atoms with Gasteiger partial charge in [-0.05, 0) is 34.1 Å². The molecule has 1 aromatic rings. The molecule has 2 heterocycles. The molecular weight excluding hydrogens is 222 g/mol. The first kappa shape index (κ1) is 12.0. The Hall–Kier alpha value is -0.520. The Morgan fingerprint density at radius 2 is 2.19 bits per heavy atom. The predicted octanol–water partition coefficient (Wildman–Crippen LogP) is 2.13. The van der Waals surface area contributed by atoms with Crippen LogP contribution in [0.2, 0.25) is 0 Å². The van der Waals surface area contributed by atoms with Crippen LogP contribution >= 0.6 is 11.7 Å². The minimum absolute atomic E-state index is 0.0875. The van der Waals surface area contributed by atoms with Crippen molar-refractivity contribution < 1.29 is 4.74 Å². The molecule has 5 heteroatoms. The van der Waals surface area contributed by atoms with Crippen molar-refractivity contribution in [2.24, 2.45) is 11.7 Å². The topological polar surface area (TPSA) is 61.0 Å². The number of nitrogens with two attached hydrogens (primary N) is 1. The highest BCUT2D eigenvalue weighted by Crippen LogP contribution is 2.46. The normalized spacial score (nSPS) is 29.2. The number of hydrogen-bond acceptors (Lipinski definition) is 5. The third kappa shape index (κ3) is 2.12. The summed E-state index contributed by atoms with van der Waals surface area (Å²) in [6.07, 6.45) is 2.72. The fourth-order valence-electron chi connectivity index (χ4n) is 2.69. The standard InChI is InChI=1S/C11H19N3OS/c1-10(2)5-7(11(3,4)15-10)9(12)8-6-13-16-14-8/h6-7,9H,5,12H2,1-4H3. The van der Waals surface area contributed by atoms with Gasteiger partial charge in [-0.3, -0.25) is 0 Å².